The molecule has 2 aromatic rings. The minimum Gasteiger partial charge on any atom is -0.360 e. The molecule has 0 bridgehead atoms. The summed E-state index contributed by atoms with van der Waals surface area (Å²) in [6.07, 6.45) is 4.37. The first-order valence-electron chi connectivity index (χ1n) is 5.49. The predicted octanol–water partition coefficient (Wildman–Crippen LogP) is 2.45. The van der Waals surface area contributed by atoms with Gasteiger partial charge in [-0.05, 0) is 36.3 Å². The standard InChI is InChI=1S/C12H13NO2S/c14-12-10-4-6-16-11(10)3-5-13(12)8-15-7-9-1-2-9/h3-6,9H,1-2,7-8H2. The lowest BCUT2D eigenvalue weighted by atomic mass is 10.3. The Morgan fingerprint density at radius 1 is 1.44 bits per heavy atom. The maximum absolute atomic E-state index is 12.0. The minimum absolute atomic E-state index is 0.0505. The Bertz CT molecular complexity index is 553. The highest BCUT2D eigenvalue weighted by Crippen LogP contribution is 2.28. The van der Waals surface area contributed by atoms with Gasteiger partial charge in [-0.15, -0.1) is 11.3 Å². The van der Waals surface area contributed by atoms with Gasteiger partial charge >= 0.3 is 0 Å². The topological polar surface area (TPSA) is 31.2 Å². The van der Waals surface area contributed by atoms with Gasteiger partial charge in [-0.2, -0.15) is 0 Å². The molecule has 0 saturated heterocycles. The van der Waals surface area contributed by atoms with Gasteiger partial charge in [-0.1, -0.05) is 0 Å². The lowest BCUT2D eigenvalue weighted by molar-refractivity contribution is 0.0671. The van der Waals surface area contributed by atoms with Crippen LogP contribution in [0, 0.1) is 5.92 Å². The molecule has 16 heavy (non-hydrogen) atoms. The summed E-state index contributed by atoms with van der Waals surface area (Å²) in [5.41, 5.74) is 0.0505. The van der Waals surface area contributed by atoms with Crippen molar-refractivity contribution in [2.75, 3.05) is 6.61 Å². The predicted molar refractivity (Wildman–Crippen MR) is 64.8 cm³/mol. The van der Waals surface area contributed by atoms with Crippen LogP contribution in [0.15, 0.2) is 28.5 Å². The molecule has 0 atom stereocenters. The number of thiophene rings is 1. The molecule has 0 aliphatic heterocycles. The highest BCUT2D eigenvalue weighted by molar-refractivity contribution is 7.17. The SMILES string of the molecule is O=c1c2ccsc2ccn1COCC1CC1. The number of nitrogens with zero attached hydrogens (tertiary/aromatic N) is 1. The van der Waals surface area contributed by atoms with Gasteiger partial charge in [0.25, 0.3) is 5.56 Å². The molecule has 84 valence electrons. The van der Waals surface area contributed by atoms with E-state index < -0.39 is 0 Å². The van der Waals surface area contributed by atoms with E-state index >= 15 is 0 Å². The third-order valence-electron chi connectivity index (χ3n) is 2.87. The Balaban J connectivity index is 1.79. The molecule has 4 heteroatoms. The normalized spacial score (nSPS) is 15.8. The van der Waals surface area contributed by atoms with Crippen molar-refractivity contribution < 1.29 is 4.74 Å². The molecule has 2 heterocycles. The molecular weight excluding hydrogens is 222 g/mol. The van der Waals surface area contributed by atoms with Crippen molar-refractivity contribution in [3.8, 4) is 0 Å². The molecule has 3 rings (SSSR count). The molecule has 3 nitrogen and oxygen atoms in total. The fourth-order valence-electron chi connectivity index (χ4n) is 1.71. The van der Waals surface area contributed by atoms with Crippen LogP contribution in [0.3, 0.4) is 0 Å². The second kappa shape index (κ2) is 4.03. The first-order chi connectivity index (χ1) is 7.84. The quantitative estimate of drug-likeness (QED) is 0.815. The van der Waals surface area contributed by atoms with E-state index in [1.807, 2.05) is 23.7 Å². The van der Waals surface area contributed by atoms with Crippen molar-refractivity contribution in [1.82, 2.24) is 4.57 Å². The van der Waals surface area contributed by atoms with Gasteiger partial charge in [0, 0.05) is 10.9 Å². The summed E-state index contributed by atoms with van der Waals surface area (Å²) < 4.78 is 8.20. The van der Waals surface area contributed by atoms with E-state index in [9.17, 15) is 4.79 Å². The lowest BCUT2D eigenvalue weighted by Gasteiger charge is -2.06. The molecule has 1 aliphatic rings. The van der Waals surface area contributed by atoms with Crippen molar-refractivity contribution in [2.45, 2.75) is 19.6 Å². The maximum Gasteiger partial charge on any atom is 0.261 e. The average Bonchev–Trinajstić information content (AvgIpc) is 2.97. The maximum atomic E-state index is 12.0. The molecule has 2 aromatic heterocycles. The van der Waals surface area contributed by atoms with Crippen LogP contribution in [-0.2, 0) is 11.5 Å². The van der Waals surface area contributed by atoms with Crippen molar-refractivity contribution in [2.24, 2.45) is 5.92 Å². The van der Waals surface area contributed by atoms with Gasteiger partial charge in [-0.3, -0.25) is 9.36 Å². The summed E-state index contributed by atoms with van der Waals surface area (Å²) >= 11 is 1.59. The first kappa shape index (κ1) is 10.1. The second-order valence-electron chi connectivity index (χ2n) is 4.23. The fourth-order valence-corrected chi connectivity index (χ4v) is 2.48. The molecule has 0 N–H and O–H groups in total. The van der Waals surface area contributed by atoms with Gasteiger partial charge in [0.1, 0.15) is 6.73 Å². The van der Waals surface area contributed by atoms with E-state index in [0.717, 1.165) is 22.6 Å². The summed E-state index contributed by atoms with van der Waals surface area (Å²) in [4.78, 5) is 12.0. The van der Waals surface area contributed by atoms with Crippen LogP contribution >= 0.6 is 11.3 Å². The summed E-state index contributed by atoms with van der Waals surface area (Å²) in [6, 6.07) is 3.85. The van der Waals surface area contributed by atoms with Crippen LogP contribution in [0.5, 0.6) is 0 Å². The van der Waals surface area contributed by atoms with E-state index in [2.05, 4.69) is 0 Å². The Hall–Kier alpha value is -1.13. The van der Waals surface area contributed by atoms with Crippen LogP contribution in [0.25, 0.3) is 10.1 Å². The summed E-state index contributed by atoms with van der Waals surface area (Å²) in [5.74, 6) is 0.737. The number of fused-ring (bicyclic) bond motifs is 1. The largest absolute Gasteiger partial charge is 0.360 e. The zero-order valence-corrected chi connectivity index (χ0v) is 9.70. The summed E-state index contributed by atoms with van der Waals surface area (Å²) in [7, 11) is 0. The van der Waals surface area contributed by atoms with Gasteiger partial charge < -0.3 is 4.74 Å². The van der Waals surface area contributed by atoms with Gasteiger partial charge in [0.15, 0.2) is 0 Å². The zero-order chi connectivity index (χ0) is 11.0. The van der Waals surface area contributed by atoms with Gasteiger partial charge in [-0.25, -0.2) is 0 Å². The highest BCUT2D eigenvalue weighted by Gasteiger charge is 2.21. The molecule has 0 spiro atoms. The summed E-state index contributed by atoms with van der Waals surface area (Å²) in [6.45, 7) is 1.16. The van der Waals surface area contributed by atoms with E-state index in [1.165, 1.54) is 12.8 Å². The molecule has 1 aliphatic carbocycles. The van der Waals surface area contributed by atoms with Crippen molar-refractivity contribution >= 4 is 21.4 Å². The Labute approximate surface area is 97.3 Å². The van der Waals surface area contributed by atoms with Crippen LogP contribution in [-0.4, -0.2) is 11.2 Å². The fraction of sp³-hybridized carbons (Fsp3) is 0.417. The first-order valence-corrected chi connectivity index (χ1v) is 6.37. The van der Waals surface area contributed by atoms with E-state index in [-0.39, 0.29) is 5.56 Å². The monoisotopic (exact) mass is 235 g/mol. The molecular formula is C12H13NO2S. The molecule has 0 unspecified atom stereocenters. The molecule has 0 radical (unpaired) electrons. The molecule has 1 fully saturated rings. The third kappa shape index (κ3) is 1.90. The number of hydrogen-bond donors (Lipinski definition) is 0. The zero-order valence-electron chi connectivity index (χ0n) is 8.89. The Morgan fingerprint density at radius 2 is 2.31 bits per heavy atom. The number of hydrogen-bond acceptors (Lipinski definition) is 3. The van der Waals surface area contributed by atoms with E-state index in [1.54, 1.807) is 15.9 Å². The van der Waals surface area contributed by atoms with Crippen molar-refractivity contribution in [3.05, 3.63) is 34.1 Å². The molecule has 0 amide bonds. The minimum atomic E-state index is 0.0505. The van der Waals surface area contributed by atoms with Crippen molar-refractivity contribution in [1.29, 1.82) is 0 Å². The van der Waals surface area contributed by atoms with Crippen LogP contribution in [0.2, 0.25) is 0 Å². The Morgan fingerprint density at radius 3 is 3.12 bits per heavy atom. The van der Waals surface area contributed by atoms with Crippen LogP contribution < -0.4 is 5.56 Å². The number of ether oxygens (including phenoxy) is 1. The summed E-state index contributed by atoms with van der Waals surface area (Å²) in [5, 5.41) is 2.74. The Kier molecular flexibility index (Phi) is 2.53. The van der Waals surface area contributed by atoms with Crippen LogP contribution in [0.1, 0.15) is 12.8 Å². The number of pyridine rings is 1. The van der Waals surface area contributed by atoms with E-state index in [0.29, 0.717) is 6.73 Å². The van der Waals surface area contributed by atoms with Gasteiger partial charge in [0.2, 0.25) is 0 Å². The van der Waals surface area contributed by atoms with Gasteiger partial charge in [0.05, 0.1) is 12.0 Å². The highest BCUT2D eigenvalue weighted by atomic mass is 32.1. The molecule has 1 saturated carbocycles. The number of rotatable bonds is 4. The van der Waals surface area contributed by atoms with E-state index in [4.69, 9.17) is 4.74 Å². The smallest absolute Gasteiger partial charge is 0.261 e. The number of aromatic nitrogens is 1. The molecule has 0 aromatic carbocycles. The van der Waals surface area contributed by atoms with Crippen LogP contribution in [0.4, 0.5) is 0 Å². The third-order valence-corrected chi connectivity index (χ3v) is 3.76. The second-order valence-corrected chi connectivity index (χ2v) is 5.18. The lowest BCUT2D eigenvalue weighted by Crippen LogP contribution is -2.20. The van der Waals surface area contributed by atoms with Crippen molar-refractivity contribution in [3.63, 3.8) is 0 Å². The average molecular weight is 235 g/mol.